The van der Waals surface area contributed by atoms with Crippen LogP contribution in [0.4, 0.5) is 0 Å². The van der Waals surface area contributed by atoms with Gasteiger partial charge in [-0.15, -0.1) is 0 Å². The van der Waals surface area contributed by atoms with Crippen LogP contribution in [0.25, 0.3) is 0 Å². The molecule has 0 aliphatic heterocycles. The van der Waals surface area contributed by atoms with Gasteiger partial charge in [-0.05, 0) is 0 Å². The molecule has 0 saturated heterocycles. The van der Waals surface area contributed by atoms with Gasteiger partial charge in [0, 0.05) is 26.2 Å². The molecule has 0 aromatic heterocycles. The summed E-state index contributed by atoms with van der Waals surface area (Å²) in [6, 6.07) is 0. The highest BCUT2D eigenvalue weighted by Crippen LogP contribution is 2.38. The third-order valence-electron chi connectivity index (χ3n) is 2.27. The van der Waals surface area contributed by atoms with E-state index in [4.69, 9.17) is 20.8 Å². The van der Waals surface area contributed by atoms with Crippen molar-refractivity contribution >= 4 is 15.3 Å². The molecule has 10 heteroatoms. The van der Waals surface area contributed by atoms with Crippen molar-refractivity contribution in [2.75, 3.05) is 26.2 Å². The van der Waals surface area contributed by atoms with Crippen LogP contribution in [0.2, 0.25) is 0 Å². The van der Waals surface area contributed by atoms with E-state index in [0.717, 1.165) is 4.67 Å². The van der Waals surface area contributed by atoms with Crippen molar-refractivity contribution in [1.29, 1.82) is 0 Å². The second-order valence-electron chi connectivity index (χ2n) is 3.46. The molecule has 6 N–H and O–H groups in total. The molecular formula is C8H26N4O4P2. The first-order chi connectivity index (χ1) is 8.04. The van der Waals surface area contributed by atoms with Crippen LogP contribution in [0, 0.1) is 0 Å². The first kappa shape index (κ1) is 20.5. The summed E-state index contributed by atoms with van der Waals surface area (Å²) in [5.41, 5.74) is 10.3. The molecule has 0 bridgehead atoms. The van der Waals surface area contributed by atoms with Gasteiger partial charge >= 0.3 is 7.75 Å². The van der Waals surface area contributed by atoms with Crippen molar-refractivity contribution in [3.05, 3.63) is 0 Å². The number of nitrogens with zero attached hydrogens (tertiary/aromatic N) is 2. The van der Waals surface area contributed by atoms with E-state index in [-0.39, 0.29) is 0 Å². The van der Waals surface area contributed by atoms with Crippen molar-refractivity contribution in [2.24, 2.45) is 11.0 Å². The molecule has 18 heavy (non-hydrogen) atoms. The van der Waals surface area contributed by atoms with Crippen LogP contribution >= 0.6 is 15.3 Å². The number of rotatable bonds is 6. The summed E-state index contributed by atoms with van der Waals surface area (Å²) in [6.07, 6.45) is 0. The summed E-state index contributed by atoms with van der Waals surface area (Å²) in [7, 11) is -6.89. The van der Waals surface area contributed by atoms with E-state index in [1.165, 1.54) is 0 Å². The molecule has 0 aliphatic rings. The van der Waals surface area contributed by atoms with E-state index in [1.807, 2.05) is 13.8 Å². The van der Waals surface area contributed by atoms with Gasteiger partial charge in [0.25, 0.3) is 7.59 Å². The topological polar surface area (TPSA) is 133 Å². The van der Waals surface area contributed by atoms with E-state index in [2.05, 4.69) is 0 Å². The minimum atomic E-state index is -3.94. The Labute approximate surface area is 109 Å². The highest BCUT2D eigenvalue weighted by molar-refractivity contribution is 7.56. The lowest BCUT2D eigenvalue weighted by molar-refractivity contribution is 0.281. The van der Waals surface area contributed by atoms with E-state index in [1.54, 1.807) is 18.5 Å². The zero-order chi connectivity index (χ0) is 15.0. The Kier molecular flexibility index (Phi) is 10.5. The Balaban J connectivity index is 0. The van der Waals surface area contributed by atoms with Gasteiger partial charge in [0.05, 0.1) is 0 Å². The number of hydrogen-bond donors (Lipinski definition) is 4. The summed E-state index contributed by atoms with van der Waals surface area (Å²) >= 11 is 0. The molecule has 0 unspecified atom stereocenters. The fourth-order valence-electron chi connectivity index (χ4n) is 1.26. The van der Waals surface area contributed by atoms with Gasteiger partial charge in [-0.25, -0.2) is 13.9 Å². The fraction of sp³-hybridized carbons (Fsp3) is 1.00. The van der Waals surface area contributed by atoms with Crippen LogP contribution in [-0.2, 0) is 9.13 Å². The Morgan fingerprint density at radius 2 is 1.11 bits per heavy atom. The molecule has 0 aromatic carbocycles. The third kappa shape index (κ3) is 9.19. The Morgan fingerprint density at radius 1 is 0.833 bits per heavy atom. The Morgan fingerprint density at radius 3 is 1.11 bits per heavy atom. The molecule has 112 valence electrons. The standard InChI is InChI=1S/C4H14N3OP.C4H12NO3P/c1-3-7(4-2)9(5,6)8;1-3-5(4-2)9(6,7)8/h3-4H2,1-2H3,(H4,5,6,8);3-4H2,1-2H3,(H2,6,7,8). The van der Waals surface area contributed by atoms with Crippen LogP contribution in [-0.4, -0.2) is 45.3 Å². The average Bonchev–Trinajstić information content (AvgIpc) is 2.17. The van der Waals surface area contributed by atoms with Crippen molar-refractivity contribution in [3.8, 4) is 0 Å². The monoisotopic (exact) mass is 304 g/mol. The van der Waals surface area contributed by atoms with E-state index >= 15 is 0 Å². The molecule has 0 fully saturated rings. The van der Waals surface area contributed by atoms with Crippen LogP contribution in [0.1, 0.15) is 27.7 Å². The van der Waals surface area contributed by atoms with E-state index in [9.17, 15) is 9.13 Å². The average molecular weight is 304 g/mol. The Bertz CT molecular complexity index is 265. The van der Waals surface area contributed by atoms with Crippen LogP contribution in [0.5, 0.6) is 0 Å². The first-order valence-corrected chi connectivity index (χ1v) is 9.14. The fourth-order valence-corrected chi connectivity index (χ4v) is 2.88. The van der Waals surface area contributed by atoms with Crippen LogP contribution in [0.15, 0.2) is 0 Å². The van der Waals surface area contributed by atoms with Gasteiger partial charge in [-0.2, -0.15) is 0 Å². The van der Waals surface area contributed by atoms with Gasteiger partial charge in [-0.1, -0.05) is 27.7 Å². The molecule has 0 rings (SSSR count). The molecule has 0 radical (unpaired) electrons. The second kappa shape index (κ2) is 9.18. The zero-order valence-electron chi connectivity index (χ0n) is 11.5. The quantitative estimate of drug-likeness (QED) is 0.529. The predicted octanol–water partition coefficient (Wildman–Crippen LogP) is 0.775. The molecule has 0 saturated carbocycles. The van der Waals surface area contributed by atoms with Crippen LogP contribution < -0.4 is 11.0 Å². The molecule has 0 heterocycles. The third-order valence-corrected chi connectivity index (χ3v) is 5.02. The smallest absolute Gasteiger partial charge is 0.312 e. The lowest BCUT2D eigenvalue weighted by Crippen LogP contribution is -2.28. The predicted molar refractivity (Wildman–Crippen MR) is 73.9 cm³/mol. The summed E-state index contributed by atoms with van der Waals surface area (Å²) in [4.78, 5) is 17.0. The highest BCUT2D eigenvalue weighted by atomic mass is 31.2. The molecule has 0 atom stereocenters. The molecule has 0 aromatic rings. The zero-order valence-corrected chi connectivity index (χ0v) is 13.3. The summed E-state index contributed by atoms with van der Waals surface area (Å²) < 4.78 is 23.9. The SMILES string of the molecule is CCN(CC)P(=O)(O)O.CCN(CC)P(N)(N)=O. The van der Waals surface area contributed by atoms with Crippen LogP contribution in [0.3, 0.4) is 0 Å². The van der Waals surface area contributed by atoms with Crippen molar-refractivity contribution in [3.63, 3.8) is 0 Å². The van der Waals surface area contributed by atoms with E-state index in [0.29, 0.717) is 26.2 Å². The maximum atomic E-state index is 10.9. The van der Waals surface area contributed by atoms with Gasteiger partial charge < -0.3 is 9.79 Å². The Hall–Kier alpha value is 0.220. The first-order valence-electron chi connectivity index (χ1n) is 5.77. The lowest BCUT2D eigenvalue weighted by atomic mass is 10.7. The molecular weight excluding hydrogens is 278 g/mol. The summed E-state index contributed by atoms with van der Waals surface area (Å²) in [5, 5.41) is 0. The van der Waals surface area contributed by atoms with Gasteiger partial charge in [0.15, 0.2) is 0 Å². The van der Waals surface area contributed by atoms with Gasteiger partial charge in [-0.3, -0.25) is 15.6 Å². The van der Waals surface area contributed by atoms with Crippen molar-refractivity contribution in [1.82, 2.24) is 9.34 Å². The lowest BCUT2D eigenvalue weighted by Gasteiger charge is -2.21. The second-order valence-corrected chi connectivity index (χ2v) is 6.97. The number of nitrogens with two attached hydrogens (primary N) is 2. The largest absolute Gasteiger partial charge is 0.402 e. The molecule has 8 nitrogen and oxygen atoms in total. The summed E-state index contributed by atoms with van der Waals surface area (Å²) in [6.45, 7) is 9.22. The molecule has 0 spiro atoms. The summed E-state index contributed by atoms with van der Waals surface area (Å²) in [5.74, 6) is 0. The van der Waals surface area contributed by atoms with Gasteiger partial charge in [0.2, 0.25) is 0 Å². The number of hydrogen-bond acceptors (Lipinski definition) is 2. The van der Waals surface area contributed by atoms with Crippen molar-refractivity contribution < 1.29 is 18.9 Å². The minimum absolute atomic E-state index is 0.390. The molecule has 0 amide bonds. The van der Waals surface area contributed by atoms with Gasteiger partial charge in [0.1, 0.15) is 0 Å². The van der Waals surface area contributed by atoms with Crippen molar-refractivity contribution in [2.45, 2.75) is 27.7 Å². The highest BCUT2D eigenvalue weighted by Gasteiger charge is 2.20. The molecule has 0 aliphatic carbocycles. The van der Waals surface area contributed by atoms with E-state index < -0.39 is 15.3 Å². The minimum Gasteiger partial charge on any atom is -0.312 e. The maximum Gasteiger partial charge on any atom is 0.402 e. The normalized spacial score (nSPS) is 12.6. The maximum absolute atomic E-state index is 10.9.